The highest BCUT2D eigenvalue weighted by atomic mass is 16.2. The molecule has 17 heavy (non-hydrogen) atoms. The molecule has 0 aliphatic rings. The second-order valence-corrected chi connectivity index (χ2v) is 4.97. The largest absolute Gasteiger partial charge is 0.354 e. The van der Waals surface area contributed by atoms with E-state index in [1.165, 1.54) is 0 Å². The normalized spacial score (nSPS) is 12.8. The van der Waals surface area contributed by atoms with Crippen molar-refractivity contribution >= 4 is 5.91 Å². The van der Waals surface area contributed by atoms with Gasteiger partial charge < -0.3 is 9.88 Å². The van der Waals surface area contributed by atoms with Crippen molar-refractivity contribution in [3.05, 3.63) is 17.7 Å². The van der Waals surface area contributed by atoms with E-state index < -0.39 is 0 Å². The third-order valence-electron chi connectivity index (χ3n) is 3.10. The van der Waals surface area contributed by atoms with Gasteiger partial charge in [0.25, 0.3) is 0 Å². The van der Waals surface area contributed by atoms with Gasteiger partial charge in [0.1, 0.15) is 6.04 Å². The van der Waals surface area contributed by atoms with Crippen molar-refractivity contribution in [1.29, 1.82) is 0 Å². The van der Waals surface area contributed by atoms with Gasteiger partial charge in [-0.05, 0) is 33.1 Å². The quantitative estimate of drug-likeness (QED) is 0.853. The van der Waals surface area contributed by atoms with Crippen LogP contribution in [0.1, 0.15) is 44.6 Å². The van der Waals surface area contributed by atoms with Crippen molar-refractivity contribution in [2.24, 2.45) is 5.92 Å². The average Bonchev–Trinajstić information content (AvgIpc) is 2.58. The third-order valence-corrected chi connectivity index (χ3v) is 3.10. The summed E-state index contributed by atoms with van der Waals surface area (Å²) in [6, 6.07) is -0.191. The summed E-state index contributed by atoms with van der Waals surface area (Å²) in [6.07, 6.45) is 2.75. The fourth-order valence-electron chi connectivity index (χ4n) is 1.66. The Morgan fingerprint density at radius 1 is 1.41 bits per heavy atom. The van der Waals surface area contributed by atoms with Gasteiger partial charge in [-0.1, -0.05) is 13.8 Å². The summed E-state index contributed by atoms with van der Waals surface area (Å²) < 4.78 is 1.92. The minimum absolute atomic E-state index is 0.0613. The smallest absolute Gasteiger partial charge is 0.242 e. The van der Waals surface area contributed by atoms with E-state index in [0.29, 0.717) is 5.92 Å². The fraction of sp³-hybridized carbons (Fsp3) is 0.692. The molecule has 0 fully saturated rings. The lowest BCUT2D eigenvalue weighted by molar-refractivity contribution is -0.123. The maximum atomic E-state index is 11.9. The Hall–Kier alpha value is -1.32. The molecular weight excluding hydrogens is 214 g/mol. The van der Waals surface area contributed by atoms with Crippen molar-refractivity contribution in [3.63, 3.8) is 0 Å². The molecular formula is C13H23N3O. The van der Waals surface area contributed by atoms with Crippen molar-refractivity contribution in [1.82, 2.24) is 14.9 Å². The molecule has 1 rings (SSSR count). The zero-order valence-electron chi connectivity index (χ0n) is 11.4. The van der Waals surface area contributed by atoms with Crippen molar-refractivity contribution < 1.29 is 4.79 Å². The predicted molar refractivity (Wildman–Crippen MR) is 68.9 cm³/mol. The lowest BCUT2D eigenvalue weighted by atomic mass is 10.1. The maximum Gasteiger partial charge on any atom is 0.242 e. The van der Waals surface area contributed by atoms with Crippen LogP contribution in [0.3, 0.4) is 0 Å². The number of carbonyl (C=O) groups is 1. The summed E-state index contributed by atoms with van der Waals surface area (Å²) >= 11 is 0. The zero-order valence-corrected chi connectivity index (χ0v) is 11.4. The summed E-state index contributed by atoms with van der Waals surface area (Å²) in [4.78, 5) is 16.1. The number of hydrogen-bond acceptors (Lipinski definition) is 2. The highest BCUT2D eigenvalue weighted by Gasteiger charge is 2.16. The van der Waals surface area contributed by atoms with E-state index in [4.69, 9.17) is 0 Å². The highest BCUT2D eigenvalue weighted by Crippen LogP contribution is 2.12. The maximum absolute atomic E-state index is 11.9. The van der Waals surface area contributed by atoms with Gasteiger partial charge in [0.2, 0.25) is 5.91 Å². The molecule has 96 valence electrons. The molecule has 0 saturated carbocycles. The summed E-state index contributed by atoms with van der Waals surface area (Å²) in [5, 5.41) is 2.96. The fourth-order valence-corrected chi connectivity index (χ4v) is 1.66. The van der Waals surface area contributed by atoms with Crippen molar-refractivity contribution in [2.45, 2.75) is 47.1 Å². The lowest BCUT2D eigenvalue weighted by Gasteiger charge is -2.15. The van der Waals surface area contributed by atoms with E-state index >= 15 is 0 Å². The predicted octanol–water partition coefficient (Wildman–Crippen LogP) is 2.22. The van der Waals surface area contributed by atoms with Gasteiger partial charge in [-0.25, -0.2) is 4.98 Å². The van der Waals surface area contributed by atoms with Gasteiger partial charge in [0, 0.05) is 12.2 Å². The van der Waals surface area contributed by atoms with Gasteiger partial charge in [0.15, 0.2) is 0 Å². The van der Waals surface area contributed by atoms with Gasteiger partial charge in [-0.15, -0.1) is 0 Å². The Morgan fingerprint density at radius 3 is 2.53 bits per heavy atom. The molecule has 1 heterocycles. The molecule has 0 aliphatic carbocycles. The molecule has 0 aliphatic heterocycles. The summed E-state index contributed by atoms with van der Waals surface area (Å²) in [5.41, 5.74) is 2.03. The first-order valence-electron chi connectivity index (χ1n) is 6.21. The second kappa shape index (κ2) is 5.84. The van der Waals surface area contributed by atoms with Gasteiger partial charge >= 0.3 is 0 Å². The first-order chi connectivity index (χ1) is 7.93. The number of imidazole rings is 1. The molecule has 1 amide bonds. The number of hydrogen-bond donors (Lipinski definition) is 1. The number of carbonyl (C=O) groups excluding carboxylic acids is 1. The number of nitrogens with one attached hydrogen (secondary N) is 1. The molecule has 4 nitrogen and oxygen atoms in total. The molecule has 1 aromatic rings. The number of aromatic nitrogens is 2. The summed E-state index contributed by atoms with van der Waals surface area (Å²) in [5.74, 6) is 0.675. The standard InChI is InChI=1S/C13H23N3O/c1-9(2)6-7-14-13(17)12(5)16-8-15-10(3)11(16)4/h8-9,12H,6-7H2,1-5H3,(H,14,17). The Balaban J connectivity index is 2.55. The number of rotatable bonds is 5. The first-order valence-corrected chi connectivity index (χ1v) is 6.21. The van der Waals surface area contributed by atoms with Crippen LogP contribution in [0.2, 0.25) is 0 Å². The molecule has 0 saturated heterocycles. The summed E-state index contributed by atoms with van der Waals surface area (Å²) in [6.45, 7) is 10.9. The molecule has 4 heteroatoms. The SMILES string of the molecule is Cc1ncn(C(C)C(=O)NCCC(C)C)c1C. The topological polar surface area (TPSA) is 46.9 Å². The van der Waals surface area contributed by atoms with Crippen LogP contribution < -0.4 is 5.32 Å². The van der Waals surface area contributed by atoms with Crippen LogP contribution in [0, 0.1) is 19.8 Å². The number of nitrogens with zero attached hydrogens (tertiary/aromatic N) is 2. The molecule has 0 spiro atoms. The molecule has 1 unspecified atom stereocenters. The molecule has 1 N–H and O–H groups in total. The number of aryl methyl sites for hydroxylation is 1. The van der Waals surface area contributed by atoms with Crippen LogP contribution in [-0.2, 0) is 4.79 Å². The molecule has 1 aromatic heterocycles. The van der Waals surface area contributed by atoms with Crippen LogP contribution in [0.15, 0.2) is 6.33 Å². The zero-order chi connectivity index (χ0) is 13.0. The average molecular weight is 237 g/mol. The van der Waals surface area contributed by atoms with Crippen molar-refractivity contribution in [2.75, 3.05) is 6.54 Å². The molecule has 0 radical (unpaired) electrons. The Kier molecular flexibility index (Phi) is 4.73. The van der Waals surface area contributed by atoms with Crippen LogP contribution in [-0.4, -0.2) is 22.0 Å². The first kappa shape index (κ1) is 13.7. The highest BCUT2D eigenvalue weighted by molar-refractivity contribution is 5.79. The Morgan fingerprint density at radius 2 is 2.06 bits per heavy atom. The molecule has 0 bridgehead atoms. The van der Waals surface area contributed by atoms with E-state index in [9.17, 15) is 4.79 Å². The summed E-state index contributed by atoms with van der Waals surface area (Å²) in [7, 11) is 0. The van der Waals surface area contributed by atoms with E-state index in [1.807, 2.05) is 25.3 Å². The van der Waals surface area contributed by atoms with Crippen LogP contribution >= 0.6 is 0 Å². The Bertz CT molecular complexity index is 382. The Labute approximate surface area is 103 Å². The van der Waals surface area contributed by atoms with Crippen LogP contribution in [0.25, 0.3) is 0 Å². The van der Waals surface area contributed by atoms with E-state index in [1.54, 1.807) is 6.33 Å². The minimum atomic E-state index is -0.191. The molecule has 1 atom stereocenters. The number of amides is 1. The lowest BCUT2D eigenvalue weighted by Crippen LogP contribution is -2.32. The van der Waals surface area contributed by atoms with Crippen LogP contribution in [0.5, 0.6) is 0 Å². The van der Waals surface area contributed by atoms with Gasteiger partial charge in [-0.3, -0.25) is 4.79 Å². The van der Waals surface area contributed by atoms with Crippen LogP contribution in [0.4, 0.5) is 0 Å². The second-order valence-electron chi connectivity index (χ2n) is 4.97. The van der Waals surface area contributed by atoms with E-state index in [-0.39, 0.29) is 11.9 Å². The van der Waals surface area contributed by atoms with E-state index in [2.05, 4.69) is 24.1 Å². The van der Waals surface area contributed by atoms with E-state index in [0.717, 1.165) is 24.4 Å². The van der Waals surface area contributed by atoms with Crippen molar-refractivity contribution in [3.8, 4) is 0 Å². The minimum Gasteiger partial charge on any atom is -0.354 e. The third kappa shape index (κ3) is 3.58. The molecule has 0 aromatic carbocycles. The van der Waals surface area contributed by atoms with Gasteiger partial charge in [0.05, 0.1) is 12.0 Å². The van der Waals surface area contributed by atoms with Gasteiger partial charge in [-0.2, -0.15) is 0 Å². The monoisotopic (exact) mass is 237 g/mol.